The Morgan fingerprint density at radius 2 is 0.762 bits per heavy atom. The van der Waals surface area contributed by atoms with Gasteiger partial charge in [0.2, 0.25) is 0 Å². The fourth-order valence-corrected chi connectivity index (χ4v) is 7.57. The Balaban J connectivity index is 1.53. The number of nitrogens with zero attached hydrogens (tertiary/aromatic N) is 2. The van der Waals surface area contributed by atoms with E-state index in [1.54, 1.807) is 0 Å². The van der Waals surface area contributed by atoms with Gasteiger partial charge in [-0.15, -0.1) is 0 Å². The topological polar surface area (TPSA) is 24.9 Å². The van der Waals surface area contributed by atoms with Crippen molar-refractivity contribution in [2.24, 2.45) is 0 Å². The minimum Gasteiger partial charge on any atom is -0.391 e. The SMILES string of the molecule is CCO[Si](C)(OCC)c1ccc(N(c2ccccc2)c2ccc(N(c3ccc(C)cc3)c3ccc(C)cc3)cc2)cc1. The summed E-state index contributed by atoms with van der Waals surface area (Å²) >= 11 is 0. The molecule has 0 saturated heterocycles. The van der Waals surface area contributed by atoms with E-state index in [4.69, 9.17) is 8.85 Å². The van der Waals surface area contributed by atoms with Crippen molar-refractivity contribution in [3.05, 3.63) is 139 Å². The summed E-state index contributed by atoms with van der Waals surface area (Å²) in [5.74, 6) is 0. The summed E-state index contributed by atoms with van der Waals surface area (Å²) in [6.45, 7) is 11.7. The molecule has 5 aromatic carbocycles. The summed E-state index contributed by atoms with van der Waals surface area (Å²) in [5.41, 5.74) is 9.11. The summed E-state index contributed by atoms with van der Waals surface area (Å²) in [6.07, 6.45) is 0. The van der Waals surface area contributed by atoms with Crippen LogP contribution in [0.2, 0.25) is 6.55 Å². The van der Waals surface area contributed by atoms with Gasteiger partial charge in [0.05, 0.1) is 0 Å². The van der Waals surface area contributed by atoms with E-state index in [-0.39, 0.29) is 0 Å². The molecule has 0 aromatic heterocycles. The lowest BCUT2D eigenvalue weighted by molar-refractivity contribution is 0.202. The van der Waals surface area contributed by atoms with Gasteiger partial charge in [0.15, 0.2) is 0 Å². The van der Waals surface area contributed by atoms with Gasteiger partial charge in [0.25, 0.3) is 0 Å². The Labute approximate surface area is 252 Å². The zero-order valence-corrected chi connectivity index (χ0v) is 26.2. The van der Waals surface area contributed by atoms with Crippen molar-refractivity contribution in [3.8, 4) is 0 Å². The molecule has 5 aromatic rings. The molecule has 42 heavy (non-hydrogen) atoms. The molecule has 0 atom stereocenters. The van der Waals surface area contributed by atoms with Crippen molar-refractivity contribution in [1.29, 1.82) is 0 Å². The first-order chi connectivity index (χ1) is 20.4. The van der Waals surface area contributed by atoms with Crippen molar-refractivity contribution in [2.75, 3.05) is 23.0 Å². The van der Waals surface area contributed by atoms with E-state index in [9.17, 15) is 0 Å². The minimum absolute atomic E-state index is 0.634. The first kappa shape index (κ1) is 29.3. The number of benzene rings is 5. The number of hydrogen-bond acceptors (Lipinski definition) is 4. The average Bonchev–Trinajstić information content (AvgIpc) is 3.01. The van der Waals surface area contributed by atoms with E-state index in [1.165, 1.54) is 11.1 Å². The van der Waals surface area contributed by atoms with Crippen LogP contribution in [0.5, 0.6) is 0 Å². The predicted octanol–water partition coefficient (Wildman–Crippen LogP) is 9.60. The van der Waals surface area contributed by atoms with Crippen molar-refractivity contribution >= 4 is 47.9 Å². The number of rotatable bonds is 11. The van der Waals surface area contributed by atoms with Gasteiger partial charge in [-0.25, -0.2) is 0 Å². The standard InChI is InChI=1S/C37H40N2O2Si/c1-6-40-42(5,41-7-2)37-27-25-36(26-28-37)38(31-11-9-8-10-12-31)34-21-23-35(24-22-34)39(32-17-13-29(3)14-18-32)33-19-15-30(4)16-20-33/h8-28H,6-7H2,1-5H3. The zero-order valence-electron chi connectivity index (χ0n) is 25.2. The van der Waals surface area contributed by atoms with Gasteiger partial charge in [0.1, 0.15) is 0 Å². The molecule has 0 aliphatic rings. The van der Waals surface area contributed by atoms with Gasteiger partial charge in [-0.1, -0.05) is 65.7 Å². The number of anilines is 6. The van der Waals surface area contributed by atoms with E-state index < -0.39 is 8.56 Å². The van der Waals surface area contributed by atoms with E-state index in [0.717, 1.165) is 39.3 Å². The van der Waals surface area contributed by atoms with Crippen LogP contribution in [-0.2, 0) is 8.85 Å². The monoisotopic (exact) mass is 572 g/mol. The first-order valence-electron chi connectivity index (χ1n) is 14.7. The summed E-state index contributed by atoms with van der Waals surface area (Å²) in [7, 11) is -2.46. The Morgan fingerprint density at radius 3 is 1.12 bits per heavy atom. The molecule has 5 rings (SSSR count). The smallest absolute Gasteiger partial charge is 0.369 e. The molecule has 4 nitrogen and oxygen atoms in total. The van der Waals surface area contributed by atoms with Crippen LogP contribution in [0.3, 0.4) is 0 Å². The van der Waals surface area contributed by atoms with Gasteiger partial charge < -0.3 is 18.7 Å². The van der Waals surface area contributed by atoms with Gasteiger partial charge >= 0.3 is 8.56 Å². The second kappa shape index (κ2) is 13.2. The Hall–Kier alpha value is -4.16. The van der Waals surface area contributed by atoms with E-state index in [0.29, 0.717) is 13.2 Å². The van der Waals surface area contributed by atoms with E-state index in [1.807, 2.05) is 13.8 Å². The van der Waals surface area contributed by atoms with Crippen LogP contribution in [0.1, 0.15) is 25.0 Å². The van der Waals surface area contributed by atoms with Crippen molar-refractivity contribution in [1.82, 2.24) is 0 Å². The molecular formula is C37H40N2O2Si. The molecule has 0 amide bonds. The summed E-state index contributed by atoms with van der Waals surface area (Å²) in [6, 6.07) is 45.4. The third-order valence-corrected chi connectivity index (χ3v) is 10.5. The second-order valence-corrected chi connectivity index (χ2v) is 13.6. The molecular weight excluding hydrogens is 533 g/mol. The highest BCUT2D eigenvalue weighted by atomic mass is 28.4. The molecule has 5 heteroatoms. The minimum atomic E-state index is -2.46. The van der Waals surface area contributed by atoms with Crippen LogP contribution >= 0.6 is 0 Å². The van der Waals surface area contributed by atoms with E-state index in [2.05, 4.69) is 158 Å². The fraction of sp³-hybridized carbons (Fsp3) is 0.189. The molecule has 0 N–H and O–H groups in total. The molecule has 214 valence electrons. The molecule has 0 heterocycles. The largest absolute Gasteiger partial charge is 0.391 e. The maximum Gasteiger partial charge on any atom is 0.369 e. The Kier molecular flexibility index (Phi) is 9.23. The quantitative estimate of drug-likeness (QED) is 0.147. The van der Waals surface area contributed by atoms with Crippen LogP contribution in [0.4, 0.5) is 34.1 Å². The maximum absolute atomic E-state index is 6.15. The number of aryl methyl sites for hydroxylation is 2. The van der Waals surface area contributed by atoms with Crippen LogP contribution in [0.25, 0.3) is 0 Å². The van der Waals surface area contributed by atoms with Crippen LogP contribution in [-0.4, -0.2) is 21.8 Å². The second-order valence-electron chi connectivity index (χ2n) is 10.6. The van der Waals surface area contributed by atoms with Crippen molar-refractivity contribution in [2.45, 2.75) is 34.2 Å². The molecule has 0 aliphatic heterocycles. The number of para-hydroxylation sites is 1. The first-order valence-corrected chi connectivity index (χ1v) is 17.0. The highest BCUT2D eigenvalue weighted by Gasteiger charge is 2.33. The Morgan fingerprint density at radius 1 is 0.452 bits per heavy atom. The third kappa shape index (κ3) is 6.49. The predicted molar refractivity (Wildman–Crippen MR) is 180 cm³/mol. The molecule has 0 saturated carbocycles. The van der Waals surface area contributed by atoms with Gasteiger partial charge in [-0.05, 0) is 112 Å². The summed E-state index contributed by atoms with van der Waals surface area (Å²) in [4.78, 5) is 4.59. The highest BCUT2D eigenvalue weighted by Crippen LogP contribution is 2.39. The van der Waals surface area contributed by atoms with Crippen molar-refractivity contribution < 1.29 is 8.85 Å². The molecule has 0 bridgehead atoms. The number of hydrogen-bond donors (Lipinski definition) is 0. The highest BCUT2D eigenvalue weighted by molar-refractivity contribution is 6.80. The average molecular weight is 573 g/mol. The van der Waals surface area contributed by atoms with Crippen LogP contribution < -0.4 is 15.0 Å². The molecule has 0 unspecified atom stereocenters. The van der Waals surface area contributed by atoms with Gasteiger partial charge in [-0.3, -0.25) is 0 Å². The lowest BCUT2D eigenvalue weighted by Gasteiger charge is -2.29. The maximum atomic E-state index is 6.15. The van der Waals surface area contributed by atoms with Gasteiger partial charge in [-0.2, -0.15) is 0 Å². The normalized spacial score (nSPS) is 11.4. The lowest BCUT2D eigenvalue weighted by atomic mass is 10.1. The lowest BCUT2D eigenvalue weighted by Crippen LogP contribution is -2.51. The molecule has 0 spiro atoms. The molecule has 0 aliphatic carbocycles. The summed E-state index contributed by atoms with van der Waals surface area (Å²) < 4.78 is 12.3. The van der Waals surface area contributed by atoms with E-state index >= 15 is 0 Å². The fourth-order valence-electron chi connectivity index (χ4n) is 5.28. The Bertz CT molecular complexity index is 1500. The third-order valence-electron chi connectivity index (χ3n) is 7.45. The summed E-state index contributed by atoms with van der Waals surface area (Å²) in [5, 5.41) is 1.13. The van der Waals surface area contributed by atoms with Crippen LogP contribution in [0, 0.1) is 13.8 Å². The zero-order chi connectivity index (χ0) is 29.5. The molecule has 0 fully saturated rings. The van der Waals surface area contributed by atoms with Crippen molar-refractivity contribution in [3.63, 3.8) is 0 Å². The molecule has 0 radical (unpaired) electrons. The van der Waals surface area contributed by atoms with Crippen LogP contribution in [0.15, 0.2) is 127 Å². The van der Waals surface area contributed by atoms with Gasteiger partial charge in [0, 0.05) is 47.3 Å².